The molecule has 0 N–H and O–H groups in total. The highest BCUT2D eigenvalue weighted by molar-refractivity contribution is 7.99. The molecule has 5 rings (SSSR count). The third-order valence-corrected chi connectivity index (χ3v) is 6.08. The molecular weight excluding hydrogens is 413 g/mol. The molecule has 0 saturated carbocycles. The first-order chi connectivity index (χ1) is 15.2. The van der Waals surface area contributed by atoms with Crippen molar-refractivity contribution in [3.8, 4) is 17.1 Å². The van der Waals surface area contributed by atoms with E-state index >= 15 is 0 Å². The van der Waals surface area contributed by atoms with Crippen molar-refractivity contribution in [2.24, 2.45) is 0 Å². The lowest BCUT2D eigenvalue weighted by molar-refractivity contribution is -0.116. The molecule has 0 radical (unpaired) electrons. The summed E-state index contributed by atoms with van der Waals surface area (Å²) in [5, 5.41) is 9.24. The van der Waals surface area contributed by atoms with Gasteiger partial charge in [-0.05, 0) is 54.4 Å². The van der Waals surface area contributed by atoms with Crippen LogP contribution in [0.25, 0.3) is 17.1 Å². The van der Waals surface area contributed by atoms with Gasteiger partial charge in [-0.2, -0.15) is 0 Å². The largest absolute Gasteiger partial charge is 0.311 e. The van der Waals surface area contributed by atoms with Gasteiger partial charge < -0.3 is 4.90 Å². The van der Waals surface area contributed by atoms with Crippen molar-refractivity contribution in [2.45, 2.75) is 11.6 Å². The average Bonchev–Trinajstić information content (AvgIpc) is 3.43. The summed E-state index contributed by atoms with van der Waals surface area (Å²) in [6.07, 6.45) is 4.23. The molecule has 0 spiro atoms. The van der Waals surface area contributed by atoms with E-state index in [1.807, 2.05) is 39.8 Å². The summed E-state index contributed by atoms with van der Waals surface area (Å²) in [4.78, 5) is 18.8. The normalized spacial score (nSPS) is 12.7. The summed E-state index contributed by atoms with van der Waals surface area (Å²) >= 11 is 1.32. The maximum absolute atomic E-state index is 13.5. The predicted octanol–water partition coefficient (Wildman–Crippen LogP) is 4.15. The van der Waals surface area contributed by atoms with Gasteiger partial charge >= 0.3 is 0 Å². The second-order valence-corrected chi connectivity index (χ2v) is 8.01. The van der Waals surface area contributed by atoms with Crippen molar-refractivity contribution in [1.82, 2.24) is 19.7 Å². The van der Waals surface area contributed by atoms with Crippen molar-refractivity contribution in [3.05, 3.63) is 84.4 Å². The number of rotatable bonds is 5. The number of pyridine rings is 1. The fourth-order valence-electron chi connectivity index (χ4n) is 3.68. The van der Waals surface area contributed by atoms with Crippen LogP contribution in [0.4, 0.5) is 10.1 Å². The Morgan fingerprint density at radius 2 is 1.77 bits per heavy atom. The van der Waals surface area contributed by atoms with Gasteiger partial charge in [0.05, 0.1) is 5.75 Å². The number of halogens is 1. The van der Waals surface area contributed by atoms with Gasteiger partial charge in [-0.15, -0.1) is 10.2 Å². The zero-order valence-electron chi connectivity index (χ0n) is 16.5. The smallest absolute Gasteiger partial charge is 0.237 e. The topological polar surface area (TPSA) is 63.9 Å². The molecule has 1 amide bonds. The number of para-hydroxylation sites is 1. The number of aromatic nitrogens is 4. The first-order valence-corrected chi connectivity index (χ1v) is 10.8. The lowest BCUT2D eigenvalue weighted by Crippen LogP contribution is -2.30. The van der Waals surface area contributed by atoms with Crippen molar-refractivity contribution < 1.29 is 9.18 Å². The number of hydrogen-bond acceptors (Lipinski definition) is 5. The molecule has 154 valence electrons. The van der Waals surface area contributed by atoms with Crippen LogP contribution in [0.3, 0.4) is 0 Å². The van der Waals surface area contributed by atoms with Gasteiger partial charge in [-0.3, -0.25) is 14.3 Å². The van der Waals surface area contributed by atoms with Crippen LogP contribution >= 0.6 is 11.8 Å². The number of benzene rings is 2. The molecule has 8 heteroatoms. The predicted molar refractivity (Wildman–Crippen MR) is 118 cm³/mol. The van der Waals surface area contributed by atoms with Crippen LogP contribution in [-0.2, 0) is 11.2 Å². The number of carbonyl (C=O) groups excluding carboxylic acids is 1. The van der Waals surface area contributed by atoms with Gasteiger partial charge in [0.25, 0.3) is 0 Å². The first-order valence-electron chi connectivity index (χ1n) is 9.83. The Morgan fingerprint density at radius 1 is 1.00 bits per heavy atom. The minimum atomic E-state index is -0.320. The SMILES string of the molecule is O=C(CSc1nnc(-c2ccncc2)n1-c1ccc(F)cc1)N1CCc2ccccc21. The van der Waals surface area contributed by atoms with Crippen LogP contribution in [-0.4, -0.2) is 38.0 Å². The lowest BCUT2D eigenvalue weighted by Gasteiger charge is -2.17. The molecule has 1 aliphatic heterocycles. The quantitative estimate of drug-likeness (QED) is 0.444. The van der Waals surface area contributed by atoms with Crippen molar-refractivity contribution in [1.29, 1.82) is 0 Å². The summed E-state index contributed by atoms with van der Waals surface area (Å²) in [5.74, 6) is 0.535. The maximum atomic E-state index is 13.5. The van der Waals surface area contributed by atoms with Gasteiger partial charge in [0.1, 0.15) is 5.82 Å². The fourth-order valence-corrected chi connectivity index (χ4v) is 4.50. The molecular formula is C23H18FN5OS. The van der Waals surface area contributed by atoms with Gasteiger partial charge in [0.2, 0.25) is 5.91 Å². The highest BCUT2D eigenvalue weighted by atomic mass is 32.2. The zero-order chi connectivity index (χ0) is 21.2. The van der Waals surface area contributed by atoms with Crippen LogP contribution in [0, 0.1) is 5.82 Å². The number of fused-ring (bicyclic) bond motifs is 1. The number of amides is 1. The molecule has 4 aromatic rings. The van der Waals surface area contributed by atoms with Gasteiger partial charge in [-0.25, -0.2) is 4.39 Å². The molecule has 0 unspecified atom stereocenters. The number of hydrogen-bond donors (Lipinski definition) is 0. The minimum Gasteiger partial charge on any atom is -0.311 e. The van der Waals surface area contributed by atoms with Crippen molar-refractivity contribution >= 4 is 23.4 Å². The molecule has 0 bridgehead atoms. The Kier molecular flexibility index (Phi) is 5.21. The van der Waals surface area contributed by atoms with Gasteiger partial charge in [0.15, 0.2) is 11.0 Å². The van der Waals surface area contributed by atoms with Crippen LogP contribution in [0.5, 0.6) is 0 Å². The van der Waals surface area contributed by atoms with Crippen LogP contribution in [0.2, 0.25) is 0 Å². The van der Waals surface area contributed by atoms with Gasteiger partial charge in [-0.1, -0.05) is 30.0 Å². The van der Waals surface area contributed by atoms with Gasteiger partial charge in [0, 0.05) is 35.9 Å². The summed E-state index contributed by atoms with van der Waals surface area (Å²) in [5.41, 5.74) is 3.72. The Labute approximate surface area is 182 Å². The van der Waals surface area contributed by atoms with Crippen LogP contribution < -0.4 is 4.90 Å². The van der Waals surface area contributed by atoms with Crippen LogP contribution in [0.15, 0.2) is 78.2 Å². The Hall–Kier alpha value is -3.52. The molecule has 0 saturated heterocycles. The maximum Gasteiger partial charge on any atom is 0.237 e. The number of thioether (sulfide) groups is 1. The molecule has 1 aliphatic rings. The van der Waals surface area contributed by atoms with E-state index in [-0.39, 0.29) is 17.5 Å². The second kappa shape index (κ2) is 8.31. The Morgan fingerprint density at radius 3 is 2.58 bits per heavy atom. The molecule has 2 aromatic carbocycles. The number of anilines is 1. The van der Waals surface area contributed by atoms with Crippen molar-refractivity contribution in [3.63, 3.8) is 0 Å². The lowest BCUT2D eigenvalue weighted by atomic mass is 10.2. The van der Waals surface area contributed by atoms with E-state index in [4.69, 9.17) is 0 Å². The Balaban J connectivity index is 1.44. The monoisotopic (exact) mass is 431 g/mol. The van der Waals surface area contributed by atoms with E-state index in [2.05, 4.69) is 21.2 Å². The molecule has 0 fully saturated rings. The van der Waals surface area contributed by atoms with Crippen molar-refractivity contribution in [2.75, 3.05) is 17.2 Å². The molecule has 2 aromatic heterocycles. The molecule has 6 nitrogen and oxygen atoms in total. The highest BCUT2D eigenvalue weighted by Crippen LogP contribution is 2.31. The third-order valence-electron chi connectivity index (χ3n) is 5.17. The molecule has 3 heterocycles. The zero-order valence-corrected chi connectivity index (χ0v) is 17.3. The first kappa shape index (κ1) is 19.4. The highest BCUT2D eigenvalue weighted by Gasteiger charge is 2.25. The fraction of sp³-hybridized carbons (Fsp3) is 0.130. The summed E-state index contributed by atoms with van der Waals surface area (Å²) < 4.78 is 15.3. The van der Waals surface area contributed by atoms with E-state index in [1.165, 1.54) is 29.5 Å². The van der Waals surface area contributed by atoms with E-state index in [0.29, 0.717) is 17.5 Å². The number of carbonyl (C=O) groups is 1. The Bertz CT molecular complexity index is 1230. The molecule has 0 aliphatic carbocycles. The minimum absolute atomic E-state index is 0.0223. The van der Waals surface area contributed by atoms with E-state index in [0.717, 1.165) is 23.4 Å². The standard InChI is InChI=1S/C23H18FN5OS/c24-18-5-7-19(8-6-18)29-22(17-9-12-25-13-10-17)26-27-23(29)31-15-21(30)28-14-11-16-3-1-2-4-20(16)28/h1-10,12-13H,11,14-15H2. The third kappa shape index (κ3) is 3.82. The number of nitrogens with zero attached hydrogens (tertiary/aromatic N) is 5. The summed E-state index contributed by atoms with van der Waals surface area (Å²) in [6, 6.07) is 17.8. The molecule has 0 atom stereocenters. The summed E-state index contributed by atoms with van der Waals surface area (Å²) in [6.45, 7) is 0.686. The van der Waals surface area contributed by atoms with Crippen LogP contribution in [0.1, 0.15) is 5.56 Å². The average molecular weight is 431 g/mol. The van der Waals surface area contributed by atoms with E-state index in [1.54, 1.807) is 24.5 Å². The molecule has 31 heavy (non-hydrogen) atoms. The summed E-state index contributed by atoms with van der Waals surface area (Å²) in [7, 11) is 0. The van der Waals surface area contributed by atoms with E-state index < -0.39 is 0 Å². The van der Waals surface area contributed by atoms with E-state index in [9.17, 15) is 9.18 Å². The second-order valence-electron chi connectivity index (χ2n) is 7.07.